The Balaban J connectivity index is 1.65. The number of likely N-dealkylation sites (tertiary alicyclic amines) is 1. The average Bonchev–Trinajstić information content (AvgIpc) is 3.07. The van der Waals surface area contributed by atoms with Crippen molar-refractivity contribution in [3.8, 4) is 0 Å². The van der Waals surface area contributed by atoms with Crippen LogP contribution in [0.25, 0.3) is 0 Å². The highest BCUT2D eigenvalue weighted by Gasteiger charge is 2.45. The highest BCUT2D eigenvalue weighted by atomic mass is 16.2. The molecule has 3 rings (SSSR count). The number of aromatic nitrogens is 3. The number of amides is 2. The van der Waals surface area contributed by atoms with E-state index in [0.29, 0.717) is 11.8 Å². The number of nitrogens with one attached hydrogen (secondary N) is 2. The van der Waals surface area contributed by atoms with Crippen molar-refractivity contribution in [3.05, 3.63) is 11.6 Å². The quantitative estimate of drug-likeness (QED) is 0.815. The second-order valence-electron chi connectivity index (χ2n) is 6.38. The molecule has 116 valence electrons. The van der Waals surface area contributed by atoms with Gasteiger partial charge >= 0.3 is 6.03 Å². The summed E-state index contributed by atoms with van der Waals surface area (Å²) in [5.74, 6) is 3.30. The van der Waals surface area contributed by atoms with Gasteiger partial charge in [-0.05, 0) is 38.0 Å². The number of aryl methyl sites for hydroxylation is 1. The third-order valence-electron chi connectivity index (χ3n) is 4.63. The Morgan fingerprint density at radius 1 is 1.43 bits per heavy atom. The minimum atomic E-state index is 0.0730. The molecule has 0 bridgehead atoms. The van der Waals surface area contributed by atoms with Crippen molar-refractivity contribution in [3.63, 3.8) is 0 Å². The van der Waals surface area contributed by atoms with Crippen molar-refractivity contribution >= 4 is 6.03 Å². The van der Waals surface area contributed by atoms with E-state index in [4.69, 9.17) is 0 Å². The molecular weight excluding hydrogens is 266 g/mol. The van der Waals surface area contributed by atoms with Gasteiger partial charge in [0, 0.05) is 25.6 Å². The van der Waals surface area contributed by atoms with Crippen molar-refractivity contribution in [2.45, 2.75) is 45.4 Å². The Morgan fingerprint density at radius 2 is 2.24 bits per heavy atom. The first-order chi connectivity index (χ1) is 10.2. The van der Waals surface area contributed by atoms with Gasteiger partial charge in [-0.1, -0.05) is 13.3 Å². The zero-order valence-electron chi connectivity index (χ0n) is 12.9. The number of hydrogen-bond donors (Lipinski definition) is 2. The molecule has 2 atom stereocenters. The minimum absolute atomic E-state index is 0.0730. The van der Waals surface area contributed by atoms with Gasteiger partial charge in [-0.2, -0.15) is 5.10 Å². The molecule has 0 aromatic carbocycles. The fourth-order valence-electron chi connectivity index (χ4n) is 3.28. The van der Waals surface area contributed by atoms with Crippen molar-refractivity contribution in [2.75, 3.05) is 19.6 Å². The predicted octanol–water partition coefficient (Wildman–Crippen LogP) is 2.05. The summed E-state index contributed by atoms with van der Waals surface area (Å²) < 4.78 is 0. The lowest BCUT2D eigenvalue weighted by atomic mass is 9.91. The molecule has 1 saturated heterocycles. The van der Waals surface area contributed by atoms with Crippen LogP contribution in [-0.2, 0) is 0 Å². The van der Waals surface area contributed by atoms with Crippen molar-refractivity contribution in [2.24, 2.45) is 11.8 Å². The van der Waals surface area contributed by atoms with Crippen molar-refractivity contribution in [1.29, 1.82) is 0 Å². The molecule has 6 nitrogen and oxygen atoms in total. The second kappa shape index (κ2) is 6.03. The molecule has 1 aliphatic heterocycles. The van der Waals surface area contributed by atoms with E-state index in [1.54, 1.807) is 0 Å². The molecule has 2 fully saturated rings. The van der Waals surface area contributed by atoms with Crippen LogP contribution in [0.2, 0.25) is 0 Å². The van der Waals surface area contributed by atoms with Crippen LogP contribution in [0.3, 0.4) is 0 Å². The Hall–Kier alpha value is -1.59. The largest absolute Gasteiger partial charge is 0.338 e. The number of nitrogens with zero attached hydrogens (tertiary/aromatic N) is 3. The molecule has 1 aromatic rings. The summed E-state index contributed by atoms with van der Waals surface area (Å²) in [6.07, 6.45) is 4.71. The Bertz CT molecular complexity index is 496. The fourth-order valence-corrected chi connectivity index (χ4v) is 3.28. The average molecular weight is 291 g/mol. The minimum Gasteiger partial charge on any atom is -0.338 e. The van der Waals surface area contributed by atoms with Crippen LogP contribution in [0.1, 0.15) is 50.2 Å². The first-order valence-corrected chi connectivity index (χ1v) is 8.10. The third-order valence-corrected chi connectivity index (χ3v) is 4.63. The van der Waals surface area contributed by atoms with E-state index in [1.807, 2.05) is 11.8 Å². The van der Waals surface area contributed by atoms with E-state index in [0.717, 1.165) is 50.0 Å². The van der Waals surface area contributed by atoms with Gasteiger partial charge in [0.15, 0.2) is 5.82 Å². The van der Waals surface area contributed by atoms with Crippen LogP contribution in [0.5, 0.6) is 0 Å². The molecule has 1 saturated carbocycles. The molecule has 2 aliphatic rings. The monoisotopic (exact) mass is 291 g/mol. The number of urea groups is 1. The lowest BCUT2D eigenvalue weighted by Crippen LogP contribution is -2.39. The molecule has 0 radical (unpaired) electrons. The molecule has 1 aliphatic carbocycles. The highest BCUT2D eigenvalue weighted by Crippen LogP contribution is 2.46. The molecule has 0 spiro atoms. The Morgan fingerprint density at radius 3 is 2.86 bits per heavy atom. The number of carbonyl (C=O) groups is 1. The summed E-state index contributed by atoms with van der Waals surface area (Å²) in [7, 11) is 0. The van der Waals surface area contributed by atoms with Crippen molar-refractivity contribution in [1.82, 2.24) is 25.4 Å². The van der Waals surface area contributed by atoms with Crippen LogP contribution in [-0.4, -0.2) is 45.7 Å². The van der Waals surface area contributed by atoms with Gasteiger partial charge in [-0.3, -0.25) is 5.10 Å². The van der Waals surface area contributed by atoms with Crippen LogP contribution in [0.15, 0.2) is 0 Å². The summed E-state index contributed by atoms with van der Waals surface area (Å²) in [4.78, 5) is 18.7. The lowest BCUT2D eigenvalue weighted by molar-refractivity contribution is 0.206. The first-order valence-electron chi connectivity index (χ1n) is 8.10. The topological polar surface area (TPSA) is 73.9 Å². The van der Waals surface area contributed by atoms with E-state index in [1.165, 1.54) is 12.8 Å². The number of hydrogen-bond acceptors (Lipinski definition) is 3. The van der Waals surface area contributed by atoms with Crippen LogP contribution >= 0.6 is 0 Å². The maximum Gasteiger partial charge on any atom is 0.317 e. The van der Waals surface area contributed by atoms with E-state index in [2.05, 4.69) is 27.4 Å². The standard InChI is InChI=1S/C15H25N5O/c1-3-4-7-16-15(21)20-8-12(11-5-6-11)13(9-20)14-17-10(2)18-19-14/h11-13H,3-9H2,1-2H3,(H,16,21)(H,17,18,19)/t12-,13+/m0/s1. The van der Waals surface area contributed by atoms with Gasteiger partial charge in [0.05, 0.1) is 0 Å². The molecule has 2 N–H and O–H groups in total. The van der Waals surface area contributed by atoms with Gasteiger partial charge in [0.1, 0.15) is 5.82 Å². The summed E-state index contributed by atoms with van der Waals surface area (Å²) in [6.45, 7) is 6.42. The molecular formula is C15H25N5O. The number of unbranched alkanes of at least 4 members (excludes halogenated alkanes) is 1. The zero-order valence-corrected chi connectivity index (χ0v) is 12.9. The van der Waals surface area contributed by atoms with E-state index >= 15 is 0 Å². The van der Waals surface area contributed by atoms with Crippen molar-refractivity contribution < 1.29 is 4.79 Å². The van der Waals surface area contributed by atoms with E-state index < -0.39 is 0 Å². The number of aromatic amines is 1. The van der Waals surface area contributed by atoms with Gasteiger partial charge in [-0.15, -0.1) is 0 Å². The molecule has 0 unspecified atom stereocenters. The predicted molar refractivity (Wildman–Crippen MR) is 80.0 cm³/mol. The first kappa shape index (κ1) is 14.4. The highest BCUT2D eigenvalue weighted by molar-refractivity contribution is 5.74. The van der Waals surface area contributed by atoms with E-state index in [-0.39, 0.29) is 6.03 Å². The third kappa shape index (κ3) is 3.19. The summed E-state index contributed by atoms with van der Waals surface area (Å²) >= 11 is 0. The van der Waals surface area contributed by atoms with Crippen LogP contribution in [0, 0.1) is 18.8 Å². The normalized spacial score (nSPS) is 25.3. The van der Waals surface area contributed by atoms with Crippen LogP contribution in [0.4, 0.5) is 4.79 Å². The molecule has 2 amide bonds. The second-order valence-corrected chi connectivity index (χ2v) is 6.38. The smallest absolute Gasteiger partial charge is 0.317 e. The maximum atomic E-state index is 12.3. The van der Waals surface area contributed by atoms with Crippen LogP contribution < -0.4 is 5.32 Å². The molecule has 2 heterocycles. The Kier molecular flexibility index (Phi) is 4.12. The summed E-state index contributed by atoms with van der Waals surface area (Å²) in [5, 5.41) is 10.3. The zero-order chi connectivity index (χ0) is 14.8. The molecule has 1 aromatic heterocycles. The summed E-state index contributed by atoms with van der Waals surface area (Å²) in [5.41, 5.74) is 0. The lowest BCUT2D eigenvalue weighted by Gasteiger charge is -2.17. The number of H-pyrrole nitrogens is 1. The SMILES string of the molecule is CCCCNC(=O)N1C[C@@H](c2n[nH]c(C)n2)[C@H](C2CC2)C1. The van der Waals surface area contributed by atoms with Gasteiger partial charge in [0.2, 0.25) is 0 Å². The maximum absolute atomic E-state index is 12.3. The van der Waals surface area contributed by atoms with Gasteiger partial charge < -0.3 is 10.2 Å². The molecule has 21 heavy (non-hydrogen) atoms. The fraction of sp³-hybridized carbons (Fsp3) is 0.800. The van der Waals surface area contributed by atoms with Gasteiger partial charge in [0.25, 0.3) is 0 Å². The van der Waals surface area contributed by atoms with Gasteiger partial charge in [-0.25, -0.2) is 9.78 Å². The number of carbonyl (C=O) groups excluding carboxylic acids is 1. The van der Waals surface area contributed by atoms with E-state index in [9.17, 15) is 4.79 Å². The summed E-state index contributed by atoms with van der Waals surface area (Å²) in [6, 6.07) is 0.0730. The molecule has 6 heteroatoms. The Labute approximate surface area is 125 Å². The number of rotatable bonds is 5.